The molecule has 1 unspecified atom stereocenters. The van der Waals surface area contributed by atoms with E-state index in [0.29, 0.717) is 24.3 Å². The van der Waals surface area contributed by atoms with E-state index >= 15 is 0 Å². The van der Waals surface area contributed by atoms with Crippen molar-refractivity contribution in [2.24, 2.45) is 0 Å². The molecule has 0 aliphatic heterocycles. The Labute approximate surface area is 188 Å². The van der Waals surface area contributed by atoms with E-state index < -0.39 is 5.92 Å². The van der Waals surface area contributed by atoms with E-state index in [9.17, 15) is 14.7 Å². The van der Waals surface area contributed by atoms with Gasteiger partial charge < -0.3 is 14.6 Å². The van der Waals surface area contributed by atoms with E-state index in [1.54, 1.807) is 6.07 Å². The molecule has 0 bridgehead atoms. The van der Waals surface area contributed by atoms with Gasteiger partial charge in [0.2, 0.25) is 0 Å². The molecule has 3 rings (SSSR count). The fourth-order valence-electron chi connectivity index (χ4n) is 3.69. The molecular formula is C27H28O5. The maximum Gasteiger partial charge on any atom is 0.305 e. The number of carbonyl (C=O) groups excluding carboxylic acids is 2. The molecule has 3 aromatic rings. The Balaban J connectivity index is 1.90. The molecular weight excluding hydrogens is 404 g/mol. The molecule has 0 fully saturated rings. The van der Waals surface area contributed by atoms with Crippen molar-refractivity contribution in [3.05, 3.63) is 94.5 Å². The number of hydrogen-bond donors (Lipinski definition) is 1. The number of rotatable bonds is 9. The molecule has 32 heavy (non-hydrogen) atoms. The lowest BCUT2D eigenvalue weighted by atomic mass is 9.83. The van der Waals surface area contributed by atoms with Crippen LogP contribution in [0.3, 0.4) is 0 Å². The highest BCUT2D eigenvalue weighted by atomic mass is 16.5. The van der Waals surface area contributed by atoms with Crippen LogP contribution in [0.5, 0.6) is 11.5 Å². The van der Waals surface area contributed by atoms with Gasteiger partial charge in [0, 0.05) is 24.0 Å². The third kappa shape index (κ3) is 5.76. The van der Waals surface area contributed by atoms with Crippen LogP contribution in [0.25, 0.3) is 0 Å². The van der Waals surface area contributed by atoms with Crippen LogP contribution in [-0.2, 0) is 16.1 Å². The Morgan fingerprint density at radius 1 is 0.969 bits per heavy atom. The molecule has 0 saturated carbocycles. The van der Waals surface area contributed by atoms with Crippen molar-refractivity contribution in [1.82, 2.24) is 0 Å². The largest absolute Gasteiger partial charge is 0.508 e. The molecule has 0 radical (unpaired) electrons. The third-order valence-corrected chi connectivity index (χ3v) is 5.63. The van der Waals surface area contributed by atoms with Crippen LogP contribution >= 0.6 is 0 Å². The van der Waals surface area contributed by atoms with Gasteiger partial charge in [0.15, 0.2) is 5.78 Å². The summed E-state index contributed by atoms with van der Waals surface area (Å²) in [6.45, 7) is 4.28. The predicted octanol–water partition coefficient (Wildman–Crippen LogP) is 5.51. The zero-order valence-electron chi connectivity index (χ0n) is 18.6. The van der Waals surface area contributed by atoms with Gasteiger partial charge in [-0.25, -0.2) is 0 Å². The Hall–Kier alpha value is -3.60. The summed E-state index contributed by atoms with van der Waals surface area (Å²) >= 11 is 0. The summed E-state index contributed by atoms with van der Waals surface area (Å²) in [6.07, 6.45) is 0.433. The van der Waals surface area contributed by atoms with Crippen LogP contribution in [0.15, 0.2) is 66.7 Å². The number of phenolic OH excluding ortho intramolecular Hbond substituents is 1. The maximum absolute atomic E-state index is 13.6. The topological polar surface area (TPSA) is 72.8 Å². The number of carbonyl (C=O) groups is 2. The average molecular weight is 433 g/mol. The second-order valence-electron chi connectivity index (χ2n) is 7.81. The zero-order valence-corrected chi connectivity index (χ0v) is 18.6. The van der Waals surface area contributed by atoms with Crippen molar-refractivity contribution in [2.45, 2.75) is 39.2 Å². The Morgan fingerprint density at radius 3 is 2.44 bits per heavy atom. The lowest BCUT2D eigenvalue weighted by Crippen LogP contribution is -2.17. The van der Waals surface area contributed by atoms with Gasteiger partial charge in [-0.2, -0.15) is 0 Å². The number of aryl methyl sites for hydroxylation is 1. The van der Waals surface area contributed by atoms with Crippen LogP contribution in [0, 0.1) is 13.8 Å². The maximum atomic E-state index is 13.6. The summed E-state index contributed by atoms with van der Waals surface area (Å²) in [6, 6.07) is 20.0. The van der Waals surface area contributed by atoms with E-state index in [1.165, 1.54) is 19.2 Å². The van der Waals surface area contributed by atoms with Gasteiger partial charge in [-0.05, 0) is 54.7 Å². The Bertz CT molecular complexity index is 1090. The smallest absolute Gasteiger partial charge is 0.305 e. The minimum Gasteiger partial charge on any atom is -0.508 e. The third-order valence-electron chi connectivity index (χ3n) is 5.63. The summed E-state index contributed by atoms with van der Waals surface area (Å²) in [4.78, 5) is 25.4. The standard InChI is InChI=1S/C27H28O5/c1-18-8-7-11-24(19(18)2)25(12-13-26(29)31-3)27(30)21-14-22(28)16-23(15-21)32-17-20-9-5-4-6-10-20/h4-11,14-16,25,28H,12-13,17H2,1-3H3. The molecule has 0 spiro atoms. The average Bonchev–Trinajstić information content (AvgIpc) is 2.80. The summed E-state index contributed by atoms with van der Waals surface area (Å²) in [5.74, 6) is -0.729. The van der Waals surface area contributed by atoms with Crippen molar-refractivity contribution >= 4 is 11.8 Å². The fraction of sp³-hybridized carbons (Fsp3) is 0.259. The summed E-state index contributed by atoms with van der Waals surface area (Å²) in [5, 5.41) is 10.2. The molecule has 5 nitrogen and oxygen atoms in total. The molecule has 3 aromatic carbocycles. The molecule has 0 heterocycles. The number of esters is 1. The van der Waals surface area contributed by atoms with Crippen LogP contribution in [0.1, 0.15) is 51.4 Å². The van der Waals surface area contributed by atoms with Gasteiger partial charge in [-0.3, -0.25) is 9.59 Å². The minimum atomic E-state index is -0.544. The van der Waals surface area contributed by atoms with Gasteiger partial charge >= 0.3 is 5.97 Å². The number of ketones is 1. The second-order valence-corrected chi connectivity index (χ2v) is 7.81. The Morgan fingerprint density at radius 2 is 1.72 bits per heavy atom. The second kappa shape index (κ2) is 10.6. The van der Waals surface area contributed by atoms with Crippen molar-refractivity contribution < 1.29 is 24.2 Å². The van der Waals surface area contributed by atoms with Gasteiger partial charge in [0.05, 0.1) is 7.11 Å². The molecule has 1 N–H and O–H groups in total. The fourth-order valence-corrected chi connectivity index (χ4v) is 3.69. The molecule has 5 heteroatoms. The minimum absolute atomic E-state index is 0.0495. The van der Waals surface area contributed by atoms with E-state index in [0.717, 1.165) is 22.3 Å². The van der Waals surface area contributed by atoms with Crippen LogP contribution in [-0.4, -0.2) is 24.0 Å². The van der Waals surface area contributed by atoms with E-state index in [-0.39, 0.29) is 23.9 Å². The molecule has 0 aliphatic carbocycles. The highest BCUT2D eigenvalue weighted by molar-refractivity contribution is 6.02. The summed E-state index contributed by atoms with van der Waals surface area (Å²) in [7, 11) is 1.34. The SMILES string of the molecule is COC(=O)CCC(C(=O)c1cc(O)cc(OCc2ccccc2)c1)c1cccc(C)c1C. The number of ether oxygens (including phenoxy) is 2. The van der Waals surface area contributed by atoms with Crippen molar-refractivity contribution in [3.63, 3.8) is 0 Å². The number of benzene rings is 3. The lowest BCUT2D eigenvalue weighted by Gasteiger charge is -2.20. The summed E-state index contributed by atoms with van der Waals surface area (Å²) < 4.78 is 10.6. The van der Waals surface area contributed by atoms with Gasteiger partial charge in [-0.15, -0.1) is 0 Å². The van der Waals surface area contributed by atoms with Crippen LogP contribution in [0.4, 0.5) is 0 Å². The van der Waals surface area contributed by atoms with Gasteiger partial charge in [0.1, 0.15) is 18.1 Å². The molecule has 0 aromatic heterocycles. The first-order valence-electron chi connectivity index (χ1n) is 10.6. The van der Waals surface area contributed by atoms with E-state index in [2.05, 4.69) is 0 Å². The number of aromatic hydroxyl groups is 1. The highest BCUT2D eigenvalue weighted by Gasteiger charge is 2.26. The molecule has 1 atom stereocenters. The number of Topliss-reactive ketones (excluding diaryl/α,β-unsaturated/α-hetero) is 1. The predicted molar refractivity (Wildman–Crippen MR) is 123 cm³/mol. The van der Waals surface area contributed by atoms with Crippen LogP contribution < -0.4 is 4.74 Å². The van der Waals surface area contributed by atoms with Crippen LogP contribution in [0.2, 0.25) is 0 Å². The Kier molecular flexibility index (Phi) is 7.66. The molecule has 0 saturated heterocycles. The number of hydrogen-bond acceptors (Lipinski definition) is 5. The molecule has 0 amide bonds. The van der Waals surface area contributed by atoms with Crippen molar-refractivity contribution in [1.29, 1.82) is 0 Å². The van der Waals surface area contributed by atoms with Gasteiger partial charge in [-0.1, -0.05) is 48.5 Å². The normalized spacial score (nSPS) is 11.6. The van der Waals surface area contributed by atoms with Gasteiger partial charge in [0.25, 0.3) is 0 Å². The van der Waals surface area contributed by atoms with E-state index in [1.807, 2.05) is 62.4 Å². The van der Waals surface area contributed by atoms with Crippen molar-refractivity contribution in [2.75, 3.05) is 7.11 Å². The zero-order chi connectivity index (χ0) is 23.1. The monoisotopic (exact) mass is 432 g/mol. The molecule has 166 valence electrons. The van der Waals surface area contributed by atoms with E-state index in [4.69, 9.17) is 9.47 Å². The first kappa shape index (κ1) is 23.1. The molecule has 0 aliphatic rings. The highest BCUT2D eigenvalue weighted by Crippen LogP contribution is 2.32. The number of methoxy groups -OCH3 is 1. The lowest BCUT2D eigenvalue weighted by molar-refractivity contribution is -0.140. The first-order valence-corrected chi connectivity index (χ1v) is 10.6. The summed E-state index contributed by atoms with van der Waals surface area (Å²) in [5.41, 5.74) is 4.27. The quantitative estimate of drug-likeness (QED) is 0.357. The number of phenols is 1. The first-order chi connectivity index (χ1) is 15.4. The van der Waals surface area contributed by atoms with Crippen molar-refractivity contribution in [3.8, 4) is 11.5 Å².